The van der Waals surface area contributed by atoms with Crippen LogP contribution >= 0.6 is 0 Å². The normalized spacial score (nSPS) is 8.71. The number of anilines is 1. The maximum Gasteiger partial charge on any atom is 0.116 e. The molecule has 0 aliphatic heterocycles. The number of furan rings is 1. The molecule has 1 aromatic rings. The molecule has 2 N–H and O–H groups in total. The highest BCUT2D eigenvalue weighted by molar-refractivity contribution is 5.35. The molecule has 0 unspecified atom stereocenters. The van der Waals surface area contributed by atoms with Crippen molar-refractivity contribution < 1.29 is 9.62 Å². The van der Waals surface area contributed by atoms with Crippen LogP contribution in [0.2, 0.25) is 0 Å². The standard InChI is InChI=1S/C4H5NO2/c6-5-4-1-2-7-3-4/h1-3,5-6H. The van der Waals surface area contributed by atoms with Crippen LogP contribution in [0.1, 0.15) is 0 Å². The molecule has 0 radical (unpaired) electrons. The third-order valence-electron chi connectivity index (χ3n) is 0.650. The van der Waals surface area contributed by atoms with Crippen LogP contribution in [-0.4, -0.2) is 5.21 Å². The molecule has 0 bridgehead atoms. The Kier molecular flexibility index (Phi) is 0.997. The summed E-state index contributed by atoms with van der Waals surface area (Å²) in [6.45, 7) is 0. The van der Waals surface area contributed by atoms with Crippen molar-refractivity contribution in [2.75, 3.05) is 5.48 Å². The molecule has 0 saturated carbocycles. The summed E-state index contributed by atoms with van der Waals surface area (Å²) < 4.78 is 4.58. The van der Waals surface area contributed by atoms with Crippen LogP contribution < -0.4 is 5.48 Å². The van der Waals surface area contributed by atoms with Crippen LogP contribution in [0.25, 0.3) is 0 Å². The van der Waals surface area contributed by atoms with Crippen molar-refractivity contribution >= 4 is 5.69 Å². The number of rotatable bonds is 1. The van der Waals surface area contributed by atoms with Gasteiger partial charge in [0.05, 0.1) is 12.0 Å². The van der Waals surface area contributed by atoms with Gasteiger partial charge in [0.2, 0.25) is 0 Å². The molecule has 0 aliphatic carbocycles. The summed E-state index contributed by atoms with van der Waals surface area (Å²) >= 11 is 0. The van der Waals surface area contributed by atoms with Gasteiger partial charge in [-0.3, -0.25) is 10.7 Å². The zero-order chi connectivity index (χ0) is 5.11. The van der Waals surface area contributed by atoms with E-state index in [4.69, 9.17) is 5.21 Å². The lowest BCUT2D eigenvalue weighted by atomic mass is 10.6. The maximum atomic E-state index is 8.12. The fraction of sp³-hybridized carbons (Fsp3) is 0. The van der Waals surface area contributed by atoms with Gasteiger partial charge in [-0.05, 0) is 0 Å². The second-order valence-corrected chi connectivity index (χ2v) is 1.12. The summed E-state index contributed by atoms with van der Waals surface area (Å²) in [5.41, 5.74) is 2.48. The van der Waals surface area contributed by atoms with E-state index in [1.54, 1.807) is 6.07 Å². The second kappa shape index (κ2) is 1.66. The van der Waals surface area contributed by atoms with Crippen LogP contribution in [0.4, 0.5) is 5.69 Å². The zero-order valence-corrected chi connectivity index (χ0v) is 3.59. The summed E-state index contributed by atoms with van der Waals surface area (Å²) in [6, 6.07) is 1.61. The molecule has 7 heavy (non-hydrogen) atoms. The molecule has 0 saturated heterocycles. The van der Waals surface area contributed by atoms with Gasteiger partial charge < -0.3 is 4.42 Å². The Hall–Kier alpha value is -0.960. The first-order valence-electron chi connectivity index (χ1n) is 1.86. The Bertz CT molecular complexity index is 124. The lowest BCUT2D eigenvalue weighted by Gasteiger charge is -1.83. The molecular formula is C4H5NO2. The van der Waals surface area contributed by atoms with Gasteiger partial charge in [-0.1, -0.05) is 0 Å². The molecule has 0 atom stereocenters. The molecule has 3 nitrogen and oxygen atoms in total. The highest BCUT2D eigenvalue weighted by Crippen LogP contribution is 2.02. The average molecular weight is 99.1 g/mol. The molecule has 0 spiro atoms. The molecule has 0 aromatic carbocycles. The fourth-order valence-electron chi connectivity index (χ4n) is 0.328. The fourth-order valence-corrected chi connectivity index (χ4v) is 0.328. The van der Waals surface area contributed by atoms with Crippen LogP contribution in [-0.2, 0) is 0 Å². The quantitative estimate of drug-likeness (QED) is 0.518. The first kappa shape index (κ1) is 4.21. The largest absolute Gasteiger partial charge is 0.470 e. The van der Waals surface area contributed by atoms with Gasteiger partial charge in [0.15, 0.2) is 0 Å². The van der Waals surface area contributed by atoms with E-state index >= 15 is 0 Å². The predicted molar refractivity (Wildman–Crippen MR) is 24.1 cm³/mol. The number of hydrogen-bond donors (Lipinski definition) is 2. The van der Waals surface area contributed by atoms with Crippen molar-refractivity contribution in [2.45, 2.75) is 0 Å². The lowest BCUT2D eigenvalue weighted by molar-refractivity contribution is 0.387. The SMILES string of the molecule is ONc1ccoc1. The average Bonchev–Trinajstić information content (AvgIpc) is 2.14. The third kappa shape index (κ3) is 0.721. The van der Waals surface area contributed by atoms with Gasteiger partial charge in [0.25, 0.3) is 0 Å². The molecule has 38 valence electrons. The van der Waals surface area contributed by atoms with Gasteiger partial charge >= 0.3 is 0 Å². The van der Waals surface area contributed by atoms with Crippen LogP contribution in [0.15, 0.2) is 23.0 Å². The van der Waals surface area contributed by atoms with Crippen molar-refractivity contribution in [3.8, 4) is 0 Å². The van der Waals surface area contributed by atoms with Crippen molar-refractivity contribution in [3.63, 3.8) is 0 Å². The van der Waals surface area contributed by atoms with E-state index in [1.165, 1.54) is 12.5 Å². The molecule has 0 amide bonds. The molecule has 3 heteroatoms. The summed E-state index contributed by atoms with van der Waals surface area (Å²) in [5.74, 6) is 0. The van der Waals surface area contributed by atoms with Gasteiger partial charge in [-0.25, -0.2) is 0 Å². The summed E-state index contributed by atoms with van der Waals surface area (Å²) in [7, 11) is 0. The Morgan fingerprint density at radius 1 is 1.71 bits per heavy atom. The van der Waals surface area contributed by atoms with Gasteiger partial charge in [0.1, 0.15) is 6.26 Å². The molecule has 0 aliphatic rings. The molecule has 1 aromatic heterocycles. The maximum absolute atomic E-state index is 8.12. The topological polar surface area (TPSA) is 45.4 Å². The van der Waals surface area contributed by atoms with Gasteiger partial charge in [-0.2, -0.15) is 0 Å². The highest BCUT2D eigenvalue weighted by Gasteiger charge is 1.83. The van der Waals surface area contributed by atoms with Crippen LogP contribution in [0, 0.1) is 0 Å². The monoisotopic (exact) mass is 99.0 g/mol. The summed E-state index contributed by atoms with van der Waals surface area (Å²) in [5, 5.41) is 8.12. The predicted octanol–water partition coefficient (Wildman–Crippen LogP) is 1.08. The molecular weight excluding hydrogens is 94.0 g/mol. The van der Waals surface area contributed by atoms with Crippen molar-refractivity contribution in [2.24, 2.45) is 0 Å². The minimum Gasteiger partial charge on any atom is -0.470 e. The van der Waals surface area contributed by atoms with Crippen LogP contribution in [0.3, 0.4) is 0 Å². The third-order valence-corrected chi connectivity index (χ3v) is 0.650. The molecule has 1 rings (SSSR count). The summed E-state index contributed by atoms with van der Waals surface area (Å²) in [6.07, 6.45) is 2.87. The highest BCUT2D eigenvalue weighted by atomic mass is 16.5. The van der Waals surface area contributed by atoms with Crippen LogP contribution in [0.5, 0.6) is 0 Å². The van der Waals surface area contributed by atoms with Crippen molar-refractivity contribution in [3.05, 3.63) is 18.6 Å². The van der Waals surface area contributed by atoms with Gasteiger partial charge in [-0.15, -0.1) is 0 Å². The van der Waals surface area contributed by atoms with E-state index in [0.717, 1.165) is 0 Å². The Morgan fingerprint density at radius 2 is 2.57 bits per heavy atom. The summed E-state index contributed by atoms with van der Waals surface area (Å²) in [4.78, 5) is 0. The first-order valence-corrected chi connectivity index (χ1v) is 1.86. The minimum atomic E-state index is 0.569. The minimum absolute atomic E-state index is 0.569. The van der Waals surface area contributed by atoms with E-state index in [9.17, 15) is 0 Å². The second-order valence-electron chi connectivity index (χ2n) is 1.12. The van der Waals surface area contributed by atoms with E-state index in [0.29, 0.717) is 5.69 Å². The Balaban J connectivity index is 2.76. The van der Waals surface area contributed by atoms with Crippen molar-refractivity contribution in [1.29, 1.82) is 0 Å². The van der Waals surface area contributed by atoms with E-state index in [1.807, 2.05) is 5.48 Å². The first-order chi connectivity index (χ1) is 3.43. The number of nitrogens with one attached hydrogen (secondary N) is 1. The Labute approximate surface area is 40.5 Å². The zero-order valence-electron chi connectivity index (χ0n) is 3.59. The Morgan fingerprint density at radius 3 is 2.86 bits per heavy atom. The van der Waals surface area contributed by atoms with Crippen molar-refractivity contribution in [1.82, 2.24) is 0 Å². The smallest absolute Gasteiger partial charge is 0.116 e. The van der Waals surface area contributed by atoms with E-state index in [2.05, 4.69) is 4.42 Å². The van der Waals surface area contributed by atoms with E-state index < -0.39 is 0 Å². The molecule has 0 fully saturated rings. The lowest BCUT2D eigenvalue weighted by Crippen LogP contribution is -1.83. The van der Waals surface area contributed by atoms with E-state index in [-0.39, 0.29) is 0 Å². The van der Waals surface area contributed by atoms with Gasteiger partial charge in [0, 0.05) is 6.07 Å². The molecule has 1 heterocycles. The number of hydrogen-bond acceptors (Lipinski definition) is 3.